The van der Waals surface area contributed by atoms with Gasteiger partial charge in [-0.15, -0.1) is 0 Å². The number of ether oxygens (including phenoxy) is 3. The highest BCUT2D eigenvalue weighted by Crippen LogP contribution is 2.32. The minimum absolute atomic E-state index is 0.0724. The number of hydrogen-bond donors (Lipinski definition) is 3. The predicted octanol–water partition coefficient (Wildman–Crippen LogP) is 5.14. The highest BCUT2D eigenvalue weighted by molar-refractivity contribution is 5.94. The fourth-order valence-corrected chi connectivity index (χ4v) is 5.91. The van der Waals surface area contributed by atoms with Crippen LogP contribution in [-0.2, 0) is 27.3 Å². The number of fused-ring (bicyclic) bond motifs is 1. The van der Waals surface area contributed by atoms with Crippen molar-refractivity contribution in [2.45, 2.75) is 71.4 Å². The first-order valence-corrected chi connectivity index (χ1v) is 16.6. The van der Waals surface area contributed by atoms with Crippen molar-refractivity contribution < 1.29 is 42.1 Å². The number of aromatic nitrogens is 3. The molecule has 2 atom stereocenters. The zero-order chi connectivity index (χ0) is 36.5. The van der Waals surface area contributed by atoms with E-state index in [1.54, 1.807) is 50.6 Å². The van der Waals surface area contributed by atoms with Gasteiger partial charge in [-0.2, -0.15) is 18.3 Å². The van der Waals surface area contributed by atoms with Crippen molar-refractivity contribution in [3.8, 4) is 11.8 Å². The molecule has 274 valence electrons. The zero-order valence-corrected chi connectivity index (χ0v) is 29.2. The van der Waals surface area contributed by atoms with E-state index in [4.69, 9.17) is 19.3 Å². The number of likely N-dealkylation sites (tertiary alicyclic amines) is 1. The third-order valence-corrected chi connectivity index (χ3v) is 8.28. The molecule has 0 radical (unpaired) electrons. The number of piperidine rings is 1. The summed E-state index contributed by atoms with van der Waals surface area (Å²) in [6.07, 6.45) is -2.16. The standard InChI is InChI=1S/C35H47F3N6O6/c1-24-28(32(45)46)21-40-44(24)15-17-49-19-18-48-16-12-25-22-42(5)14-11-29(25)41-30-9-6-10-31-27(30)20-26(43(31)23-35(36,37)38)8-7-13-39-33(47)50-34(2,3)4/h6,9-10,20-21,25,29,41H,11-19,22-23H2,1-5H3,(H,39,47)(H,45,46). The molecule has 0 aliphatic carbocycles. The lowest BCUT2D eigenvalue weighted by Gasteiger charge is -2.38. The van der Waals surface area contributed by atoms with Gasteiger partial charge in [0.1, 0.15) is 17.7 Å². The lowest BCUT2D eigenvalue weighted by atomic mass is 9.89. The Balaban J connectivity index is 1.35. The molecule has 3 N–H and O–H groups in total. The van der Waals surface area contributed by atoms with Gasteiger partial charge in [-0.05, 0) is 84.2 Å². The van der Waals surface area contributed by atoms with Crippen molar-refractivity contribution in [3.05, 3.63) is 47.4 Å². The molecule has 1 aromatic carbocycles. The van der Waals surface area contributed by atoms with Gasteiger partial charge in [0, 0.05) is 36.0 Å². The van der Waals surface area contributed by atoms with E-state index in [0.29, 0.717) is 49.6 Å². The van der Waals surface area contributed by atoms with Crippen LogP contribution in [0.5, 0.6) is 0 Å². The van der Waals surface area contributed by atoms with Crippen molar-refractivity contribution >= 4 is 28.7 Å². The number of carbonyl (C=O) groups excluding carboxylic acids is 1. The Kier molecular flexibility index (Phi) is 13.2. The van der Waals surface area contributed by atoms with Gasteiger partial charge in [-0.3, -0.25) is 4.68 Å². The van der Waals surface area contributed by atoms with Crippen molar-refractivity contribution in [3.63, 3.8) is 0 Å². The summed E-state index contributed by atoms with van der Waals surface area (Å²) in [5.41, 5.74) is 1.40. The Morgan fingerprint density at radius 2 is 1.86 bits per heavy atom. The summed E-state index contributed by atoms with van der Waals surface area (Å²) in [7, 11) is 2.07. The number of rotatable bonds is 14. The molecule has 1 amide bonds. The molecule has 15 heteroatoms. The molecule has 1 saturated heterocycles. The van der Waals surface area contributed by atoms with Crippen LogP contribution in [0.3, 0.4) is 0 Å². The molecule has 1 aliphatic rings. The van der Waals surface area contributed by atoms with E-state index < -0.39 is 30.4 Å². The summed E-state index contributed by atoms with van der Waals surface area (Å²) in [5, 5.41) is 20.0. The lowest BCUT2D eigenvalue weighted by Crippen LogP contribution is -2.45. The molecule has 3 aromatic rings. The summed E-state index contributed by atoms with van der Waals surface area (Å²) in [5.74, 6) is 4.79. The fourth-order valence-electron chi connectivity index (χ4n) is 5.91. The molecule has 0 saturated carbocycles. The maximum Gasteiger partial charge on any atom is 0.408 e. The number of nitrogens with one attached hydrogen (secondary N) is 2. The summed E-state index contributed by atoms with van der Waals surface area (Å²) in [4.78, 5) is 25.4. The summed E-state index contributed by atoms with van der Waals surface area (Å²) in [6, 6.07) is 7.00. The maximum atomic E-state index is 13.7. The second kappa shape index (κ2) is 17.1. The predicted molar refractivity (Wildman–Crippen MR) is 182 cm³/mol. The summed E-state index contributed by atoms with van der Waals surface area (Å²) < 4.78 is 60.5. The minimum atomic E-state index is -4.46. The van der Waals surface area contributed by atoms with Gasteiger partial charge < -0.3 is 39.4 Å². The number of nitrogens with zero attached hydrogens (tertiary/aromatic N) is 4. The molecular formula is C35H47F3N6O6. The number of alkyl carbamates (subject to hydrolysis) is 1. The Morgan fingerprint density at radius 3 is 2.54 bits per heavy atom. The molecule has 0 spiro atoms. The van der Waals surface area contributed by atoms with Gasteiger partial charge in [0.15, 0.2) is 0 Å². The smallest absolute Gasteiger partial charge is 0.408 e. The van der Waals surface area contributed by atoms with Crippen LogP contribution >= 0.6 is 0 Å². The number of carbonyl (C=O) groups is 2. The van der Waals surface area contributed by atoms with Crippen molar-refractivity contribution in [2.75, 3.05) is 58.4 Å². The first-order chi connectivity index (χ1) is 23.6. The van der Waals surface area contributed by atoms with Gasteiger partial charge in [0.05, 0.1) is 50.3 Å². The zero-order valence-electron chi connectivity index (χ0n) is 29.2. The molecule has 2 unspecified atom stereocenters. The van der Waals surface area contributed by atoms with Crippen LogP contribution in [0.1, 0.15) is 55.4 Å². The van der Waals surface area contributed by atoms with Crippen molar-refractivity contribution in [2.24, 2.45) is 5.92 Å². The number of aromatic carboxylic acids is 1. The maximum absolute atomic E-state index is 13.7. The lowest BCUT2D eigenvalue weighted by molar-refractivity contribution is -0.140. The third kappa shape index (κ3) is 11.4. The Bertz CT molecular complexity index is 1670. The third-order valence-electron chi connectivity index (χ3n) is 8.28. The average Bonchev–Trinajstić information content (AvgIpc) is 3.56. The Labute approximate surface area is 290 Å². The van der Waals surface area contributed by atoms with Crippen LogP contribution in [0, 0.1) is 24.7 Å². The number of amides is 1. The van der Waals surface area contributed by atoms with Crippen LogP contribution in [0.2, 0.25) is 0 Å². The van der Waals surface area contributed by atoms with Crippen LogP contribution in [-0.4, -0.2) is 107 Å². The van der Waals surface area contributed by atoms with E-state index >= 15 is 0 Å². The normalized spacial score (nSPS) is 17.0. The van der Waals surface area contributed by atoms with Crippen LogP contribution in [0.15, 0.2) is 30.5 Å². The first-order valence-electron chi connectivity index (χ1n) is 16.6. The minimum Gasteiger partial charge on any atom is -0.478 e. The molecule has 12 nitrogen and oxygen atoms in total. The summed E-state index contributed by atoms with van der Waals surface area (Å²) >= 11 is 0. The van der Waals surface area contributed by atoms with Crippen LogP contribution in [0.25, 0.3) is 10.9 Å². The van der Waals surface area contributed by atoms with Gasteiger partial charge in [0.25, 0.3) is 0 Å². The van der Waals surface area contributed by atoms with E-state index in [9.17, 15) is 22.8 Å². The monoisotopic (exact) mass is 704 g/mol. The van der Waals surface area contributed by atoms with Gasteiger partial charge in [-0.25, -0.2) is 9.59 Å². The van der Waals surface area contributed by atoms with E-state index in [2.05, 4.69) is 39.5 Å². The quantitative estimate of drug-likeness (QED) is 0.154. The molecule has 1 fully saturated rings. The molecule has 1 aliphatic heterocycles. The van der Waals surface area contributed by atoms with E-state index in [1.165, 1.54) is 6.20 Å². The average molecular weight is 705 g/mol. The Hall–Kier alpha value is -4.26. The topological polar surface area (TPSA) is 132 Å². The number of benzene rings is 1. The number of alkyl halides is 3. The van der Waals surface area contributed by atoms with Crippen molar-refractivity contribution in [1.29, 1.82) is 0 Å². The van der Waals surface area contributed by atoms with Crippen LogP contribution < -0.4 is 10.6 Å². The van der Waals surface area contributed by atoms with Gasteiger partial charge in [0.2, 0.25) is 0 Å². The first kappa shape index (κ1) is 38.5. The SMILES string of the molecule is Cc1c(C(=O)O)cnn1CCOCCOCCC1CN(C)CCC1Nc1cccc2c1cc(C#CCNC(=O)OC(C)(C)C)n2CC(F)(F)F. The molecule has 3 heterocycles. The highest BCUT2D eigenvalue weighted by Gasteiger charge is 2.31. The molecule has 50 heavy (non-hydrogen) atoms. The second-order valence-corrected chi connectivity index (χ2v) is 13.4. The number of carboxylic acid groups (broad SMARTS) is 1. The fraction of sp³-hybridized carbons (Fsp3) is 0.571. The largest absolute Gasteiger partial charge is 0.478 e. The number of hydrogen-bond acceptors (Lipinski definition) is 8. The van der Waals surface area contributed by atoms with Crippen LogP contribution in [0.4, 0.5) is 23.7 Å². The van der Waals surface area contributed by atoms with E-state index in [-0.39, 0.29) is 29.8 Å². The molecule has 0 bridgehead atoms. The number of halogens is 3. The van der Waals surface area contributed by atoms with E-state index in [1.807, 2.05) is 6.07 Å². The molecular weight excluding hydrogens is 657 g/mol. The summed E-state index contributed by atoms with van der Waals surface area (Å²) in [6.45, 7) is 9.45. The number of carboxylic acids is 1. The highest BCUT2D eigenvalue weighted by atomic mass is 19.4. The van der Waals surface area contributed by atoms with Crippen molar-refractivity contribution in [1.82, 2.24) is 24.6 Å². The van der Waals surface area contributed by atoms with Gasteiger partial charge in [-0.1, -0.05) is 12.0 Å². The van der Waals surface area contributed by atoms with E-state index in [0.717, 1.165) is 36.2 Å². The Morgan fingerprint density at radius 1 is 1.12 bits per heavy atom. The number of anilines is 1. The molecule has 4 rings (SSSR count). The second-order valence-electron chi connectivity index (χ2n) is 13.4. The van der Waals surface area contributed by atoms with Gasteiger partial charge >= 0.3 is 18.2 Å². The molecule has 2 aromatic heterocycles.